The number of nitrogens with one attached hydrogen (secondary N) is 1. The van der Waals surface area contributed by atoms with E-state index < -0.39 is 0 Å². The maximum absolute atomic E-state index is 4.59. The number of anilines is 2. The second-order valence-corrected chi connectivity index (χ2v) is 6.27. The smallest absolute Gasteiger partial charge is 0.166 e. The monoisotopic (exact) mass is 276 g/mol. The van der Waals surface area contributed by atoms with Crippen molar-refractivity contribution in [1.82, 2.24) is 9.99 Å². The van der Waals surface area contributed by atoms with E-state index in [1.807, 2.05) is 12.3 Å². The van der Waals surface area contributed by atoms with Crippen LogP contribution in [-0.4, -0.2) is 35.7 Å². The number of piperidine rings is 1. The van der Waals surface area contributed by atoms with Crippen LogP contribution in [-0.2, 0) is 0 Å². The summed E-state index contributed by atoms with van der Waals surface area (Å²) in [5.41, 5.74) is 1.20. The Balaban J connectivity index is 2.18. The Labute approximate surface area is 123 Å². The van der Waals surface area contributed by atoms with Crippen LogP contribution in [0.3, 0.4) is 0 Å². The average molecular weight is 276 g/mol. The third kappa shape index (κ3) is 3.63. The highest BCUT2D eigenvalue weighted by atomic mass is 15.6. The summed E-state index contributed by atoms with van der Waals surface area (Å²) in [6, 6.07) is 4.13. The second-order valence-electron chi connectivity index (χ2n) is 6.27. The van der Waals surface area contributed by atoms with Gasteiger partial charge in [-0.25, -0.2) is 9.99 Å². The molecular formula is C16H28N4. The van der Waals surface area contributed by atoms with Gasteiger partial charge in [-0.05, 0) is 45.2 Å². The minimum Gasteiger partial charge on any atom is -0.377 e. The van der Waals surface area contributed by atoms with Gasteiger partial charge in [0.15, 0.2) is 5.82 Å². The first-order valence-electron chi connectivity index (χ1n) is 7.75. The number of hydrazine groups is 1. The van der Waals surface area contributed by atoms with Crippen LogP contribution < -0.4 is 10.3 Å². The summed E-state index contributed by atoms with van der Waals surface area (Å²) in [6.45, 7) is 8.92. The van der Waals surface area contributed by atoms with Gasteiger partial charge in [-0.15, -0.1) is 0 Å². The van der Waals surface area contributed by atoms with Crippen molar-refractivity contribution in [3.63, 3.8) is 0 Å². The third-order valence-electron chi connectivity index (χ3n) is 4.21. The van der Waals surface area contributed by atoms with E-state index in [1.165, 1.54) is 19.3 Å². The topological polar surface area (TPSA) is 31.4 Å². The molecule has 1 aliphatic heterocycles. The molecule has 1 aromatic rings. The average Bonchev–Trinajstić information content (AvgIpc) is 2.48. The maximum Gasteiger partial charge on any atom is 0.166 e. The highest BCUT2D eigenvalue weighted by molar-refractivity contribution is 5.65. The van der Waals surface area contributed by atoms with Crippen LogP contribution in [0.2, 0.25) is 0 Å². The zero-order chi connectivity index (χ0) is 14.6. The van der Waals surface area contributed by atoms with Crippen LogP contribution in [0.25, 0.3) is 0 Å². The van der Waals surface area contributed by atoms with Gasteiger partial charge in [0.05, 0.1) is 5.69 Å². The van der Waals surface area contributed by atoms with Gasteiger partial charge in [-0.3, -0.25) is 5.01 Å². The molecule has 4 nitrogen and oxygen atoms in total. The molecule has 112 valence electrons. The van der Waals surface area contributed by atoms with Crippen LogP contribution in [0.15, 0.2) is 18.3 Å². The van der Waals surface area contributed by atoms with Crippen LogP contribution >= 0.6 is 0 Å². The predicted molar refractivity (Wildman–Crippen MR) is 86.1 cm³/mol. The van der Waals surface area contributed by atoms with E-state index in [1.54, 1.807) is 0 Å². The molecule has 0 spiro atoms. The van der Waals surface area contributed by atoms with Crippen molar-refractivity contribution in [2.75, 3.05) is 30.5 Å². The van der Waals surface area contributed by atoms with E-state index in [4.69, 9.17) is 0 Å². The molecule has 0 aromatic carbocycles. The van der Waals surface area contributed by atoms with Crippen molar-refractivity contribution in [1.29, 1.82) is 0 Å². The molecular weight excluding hydrogens is 248 g/mol. The Morgan fingerprint density at radius 1 is 1.30 bits per heavy atom. The molecule has 4 heteroatoms. The Hall–Kier alpha value is -1.29. The van der Waals surface area contributed by atoms with Crippen molar-refractivity contribution in [3.8, 4) is 0 Å². The fourth-order valence-corrected chi connectivity index (χ4v) is 2.52. The molecule has 2 heterocycles. The lowest BCUT2D eigenvalue weighted by atomic mass is 10.0. The van der Waals surface area contributed by atoms with E-state index in [9.17, 15) is 0 Å². The molecule has 0 radical (unpaired) electrons. The van der Waals surface area contributed by atoms with E-state index >= 15 is 0 Å². The number of hydrogen-bond acceptors (Lipinski definition) is 4. The van der Waals surface area contributed by atoms with Crippen molar-refractivity contribution in [2.24, 2.45) is 0 Å². The van der Waals surface area contributed by atoms with Gasteiger partial charge in [0.25, 0.3) is 0 Å². The molecule has 0 unspecified atom stereocenters. The first-order chi connectivity index (χ1) is 9.53. The van der Waals surface area contributed by atoms with Gasteiger partial charge in [0, 0.05) is 31.9 Å². The number of hydrogen-bond donors (Lipinski definition) is 1. The SMILES string of the molecule is CCC(C)(C)Nc1cccnc1N(C)N1CCCCC1. The highest BCUT2D eigenvalue weighted by Gasteiger charge is 2.21. The van der Waals surface area contributed by atoms with Crippen molar-refractivity contribution < 1.29 is 0 Å². The number of aromatic nitrogens is 1. The largest absolute Gasteiger partial charge is 0.377 e. The lowest BCUT2D eigenvalue weighted by Crippen LogP contribution is -2.44. The van der Waals surface area contributed by atoms with Gasteiger partial charge >= 0.3 is 0 Å². The first kappa shape index (κ1) is 15.1. The molecule has 0 saturated carbocycles. The summed E-state index contributed by atoms with van der Waals surface area (Å²) in [6.07, 6.45) is 6.86. The summed E-state index contributed by atoms with van der Waals surface area (Å²) in [4.78, 5) is 4.59. The standard InChI is InChI=1S/C16H28N4/c1-5-16(2,3)18-14-10-9-11-17-15(14)19(4)20-12-7-6-8-13-20/h9-11,18H,5-8,12-13H2,1-4H3. The van der Waals surface area contributed by atoms with Crippen molar-refractivity contribution in [3.05, 3.63) is 18.3 Å². The summed E-state index contributed by atoms with van der Waals surface area (Å²) in [5.74, 6) is 1.02. The van der Waals surface area contributed by atoms with Gasteiger partial charge < -0.3 is 5.32 Å². The molecule has 1 N–H and O–H groups in total. The Morgan fingerprint density at radius 3 is 2.65 bits per heavy atom. The number of pyridine rings is 1. The Morgan fingerprint density at radius 2 is 2.00 bits per heavy atom. The lowest BCUT2D eigenvalue weighted by molar-refractivity contribution is 0.219. The maximum atomic E-state index is 4.59. The van der Waals surface area contributed by atoms with Gasteiger partial charge in [-0.1, -0.05) is 13.3 Å². The van der Waals surface area contributed by atoms with Crippen LogP contribution in [0, 0.1) is 0 Å². The summed E-state index contributed by atoms with van der Waals surface area (Å²) in [7, 11) is 2.12. The van der Waals surface area contributed by atoms with Gasteiger partial charge in [0.2, 0.25) is 0 Å². The molecule has 1 fully saturated rings. The zero-order valence-corrected chi connectivity index (χ0v) is 13.3. The number of rotatable bonds is 5. The first-order valence-corrected chi connectivity index (χ1v) is 7.75. The molecule has 2 rings (SSSR count). The quantitative estimate of drug-likeness (QED) is 0.891. The lowest BCUT2D eigenvalue weighted by Gasteiger charge is -2.37. The fraction of sp³-hybridized carbons (Fsp3) is 0.688. The van der Waals surface area contributed by atoms with E-state index in [0.29, 0.717) is 0 Å². The fourth-order valence-electron chi connectivity index (χ4n) is 2.52. The molecule has 0 amide bonds. The molecule has 0 bridgehead atoms. The Kier molecular flexibility index (Phi) is 4.86. The second kappa shape index (κ2) is 6.44. The Bertz CT molecular complexity index is 424. The van der Waals surface area contributed by atoms with Crippen LogP contribution in [0.5, 0.6) is 0 Å². The van der Waals surface area contributed by atoms with Crippen molar-refractivity contribution >= 4 is 11.5 Å². The normalized spacial score (nSPS) is 17.0. The summed E-state index contributed by atoms with van der Waals surface area (Å²) >= 11 is 0. The van der Waals surface area contributed by atoms with Gasteiger partial charge in [0.1, 0.15) is 0 Å². The van der Waals surface area contributed by atoms with E-state index in [2.05, 4.69) is 54.2 Å². The molecule has 1 aromatic heterocycles. The highest BCUT2D eigenvalue weighted by Crippen LogP contribution is 2.28. The van der Waals surface area contributed by atoms with Crippen LogP contribution in [0.1, 0.15) is 46.5 Å². The zero-order valence-electron chi connectivity index (χ0n) is 13.3. The molecule has 1 saturated heterocycles. The minimum atomic E-state index is 0.0839. The van der Waals surface area contributed by atoms with Crippen molar-refractivity contribution in [2.45, 2.75) is 52.0 Å². The van der Waals surface area contributed by atoms with Gasteiger partial charge in [-0.2, -0.15) is 0 Å². The molecule has 20 heavy (non-hydrogen) atoms. The summed E-state index contributed by atoms with van der Waals surface area (Å²) in [5, 5.41) is 8.24. The molecule has 1 aliphatic rings. The van der Waals surface area contributed by atoms with Crippen LogP contribution in [0.4, 0.5) is 11.5 Å². The summed E-state index contributed by atoms with van der Waals surface area (Å²) < 4.78 is 0. The minimum absolute atomic E-state index is 0.0839. The predicted octanol–water partition coefficient (Wildman–Crippen LogP) is 3.52. The van der Waals surface area contributed by atoms with E-state index in [-0.39, 0.29) is 5.54 Å². The molecule has 0 aliphatic carbocycles. The third-order valence-corrected chi connectivity index (χ3v) is 4.21. The molecule has 0 atom stereocenters. The number of nitrogens with zero attached hydrogens (tertiary/aromatic N) is 3. The van der Waals surface area contributed by atoms with E-state index in [0.717, 1.165) is 31.0 Å².